The highest BCUT2D eigenvalue weighted by Gasteiger charge is 2.30. The highest BCUT2D eigenvalue weighted by molar-refractivity contribution is 5.36. The molecule has 120 valence electrons. The van der Waals surface area contributed by atoms with Crippen molar-refractivity contribution < 1.29 is 17.9 Å². The van der Waals surface area contributed by atoms with Crippen LogP contribution in [0.5, 0.6) is 5.75 Å². The second-order valence-electron chi connectivity index (χ2n) is 4.84. The van der Waals surface area contributed by atoms with Gasteiger partial charge < -0.3 is 10.5 Å². The first-order valence-corrected chi connectivity index (χ1v) is 6.65. The summed E-state index contributed by atoms with van der Waals surface area (Å²) in [6.45, 7) is 1.69. The van der Waals surface area contributed by atoms with Gasteiger partial charge in [0, 0.05) is 6.20 Å². The Balaban J connectivity index is 1.90. The van der Waals surface area contributed by atoms with Gasteiger partial charge >= 0.3 is 6.18 Å². The van der Waals surface area contributed by atoms with E-state index in [1.807, 2.05) is 0 Å². The van der Waals surface area contributed by atoms with Gasteiger partial charge in [0.15, 0.2) is 0 Å². The summed E-state index contributed by atoms with van der Waals surface area (Å²) in [5.74, 6) is 0.445. The van der Waals surface area contributed by atoms with Crippen LogP contribution in [0.1, 0.15) is 24.3 Å². The van der Waals surface area contributed by atoms with Crippen LogP contribution in [0.15, 0.2) is 36.5 Å². The summed E-state index contributed by atoms with van der Waals surface area (Å²) < 4.78 is 45.2. The third-order valence-corrected chi connectivity index (χ3v) is 3.18. The van der Waals surface area contributed by atoms with Gasteiger partial charge in [-0.15, -0.1) is 5.10 Å². The van der Waals surface area contributed by atoms with Gasteiger partial charge in [0.25, 0.3) is 5.78 Å². The van der Waals surface area contributed by atoms with Crippen LogP contribution in [-0.2, 0) is 6.18 Å². The van der Waals surface area contributed by atoms with Crippen molar-refractivity contribution in [3.63, 3.8) is 0 Å². The van der Waals surface area contributed by atoms with Crippen molar-refractivity contribution in [2.75, 3.05) is 5.73 Å². The van der Waals surface area contributed by atoms with Gasteiger partial charge in [-0.05, 0) is 31.2 Å². The molecule has 0 radical (unpaired) electrons. The number of nitrogens with two attached hydrogens (primary N) is 1. The lowest BCUT2D eigenvalue weighted by Crippen LogP contribution is -2.11. The molecule has 0 bridgehead atoms. The Morgan fingerprint density at radius 2 is 2.04 bits per heavy atom. The van der Waals surface area contributed by atoms with Crippen molar-refractivity contribution >= 4 is 11.7 Å². The third kappa shape index (κ3) is 3.03. The lowest BCUT2D eigenvalue weighted by atomic mass is 10.2. The van der Waals surface area contributed by atoms with Crippen LogP contribution in [-0.4, -0.2) is 19.6 Å². The number of nitrogens with zero attached hydrogens (tertiary/aromatic N) is 4. The number of hydrogen-bond acceptors (Lipinski definition) is 5. The zero-order chi connectivity index (χ0) is 16.6. The van der Waals surface area contributed by atoms with Gasteiger partial charge in [0.05, 0.1) is 11.3 Å². The fraction of sp³-hybridized carbons (Fsp3) is 0.214. The molecule has 0 saturated heterocycles. The molecule has 1 aromatic carbocycles. The molecule has 1 unspecified atom stereocenters. The number of benzene rings is 1. The van der Waals surface area contributed by atoms with E-state index in [1.165, 1.54) is 22.8 Å². The summed E-state index contributed by atoms with van der Waals surface area (Å²) >= 11 is 0. The molecule has 0 saturated carbocycles. The van der Waals surface area contributed by atoms with E-state index in [0.29, 0.717) is 11.5 Å². The summed E-state index contributed by atoms with van der Waals surface area (Å²) in [7, 11) is 0. The van der Waals surface area contributed by atoms with E-state index in [-0.39, 0.29) is 11.7 Å². The number of anilines is 1. The summed E-state index contributed by atoms with van der Waals surface area (Å²) in [6, 6.07) is 6.32. The first kappa shape index (κ1) is 15.1. The highest BCUT2D eigenvalue weighted by atomic mass is 19.4. The zero-order valence-corrected chi connectivity index (χ0v) is 11.9. The molecule has 3 rings (SSSR count). The van der Waals surface area contributed by atoms with Crippen molar-refractivity contribution in [3.05, 3.63) is 47.8 Å². The van der Waals surface area contributed by atoms with E-state index >= 15 is 0 Å². The van der Waals surface area contributed by atoms with Crippen LogP contribution in [0.3, 0.4) is 0 Å². The van der Waals surface area contributed by atoms with Crippen LogP contribution in [0.25, 0.3) is 5.78 Å². The molecule has 2 aromatic heterocycles. The molecular formula is C14H12F3N5O. The molecule has 23 heavy (non-hydrogen) atoms. The van der Waals surface area contributed by atoms with Crippen molar-refractivity contribution in [2.24, 2.45) is 0 Å². The van der Waals surface area contributed by atoms with E-state index in [9.17, 15) is 13.2 Å². The summed E-state index contributed by atoms with van der Waals surface area (Å²) in [4.78, 5) is 7.93. The second kappa shape index (κ2) is 5.41. The van der Waals surface area contributed by atoms with Gasteiger partial charge in [-0.3, -0.25) is 0 Å². The molecule has 0 aliphatic carbocycles. The van der Waals surface area contributed by atoms with Crippen LogP contribution >= 0.6 is 0 Å². The van der Waals surface area contributed by atoms with Crippen LogP contribution in [0, 0.1) is 0 Å². The van der Waals surface area contributed by atoms with Crippen LogP contribution < -0.4 is 10.5 Å². The summed E-state index contributed by atoms with van der Waals surface area (Å²) in [5.41, 5.74) is 5.33. The first-order chi connectivity index (χ1) is 10.8. The number of halogens is 3. The largest absolute Gasteiger partial charge is 0.484 e. The molecule has 0 amide bonds. The molecule has 1 atom stereocenters. The number of ether oxygens (including phenoxy) is 1. The van der Waals surface area contributed by atoms with Crippen molar-refractivity contribution in [2.45, 2.75) is 19.2 Å². The SMILES string of the molecule is CC(Oc1cccc(C(F)(F)F)c1)c1ccnc2nc(N)nn12. The highest BCUT2D eigenvalue weighted by Crippen LogP contribution is 2.32. The van der Waals surface area contributed by atoms with Crippen LogP contribution in [0.4, 0.5) is 19.1 Å². The number of rotatable bonds is 3. The van der Waals surface area contributed by atoms with E-state index in [4.69, 9.17) is 10.5 Å². The number of alkyl halides is 3. The monoisotopic (exact) mass is 323 g/mol. The molecule has 0 spiro atoms. The van der Waals surface area contributed by atoms with Crippen molar-refractivity contribution in [1.82, 2.24) is 19.6 Å². The van der Waals surface area contributed by atoms with E-state index in [0.717, 1.165) is 12.1 Å². The van der Waals surface area contributed by atoms with Gasteiger partial charge in [-0.1, -0.05) is 6.07 Å². The maximum Gasteiger partial charge on any atom is 0.416 e. The molecular weight excluding hydrogens is 311 g/mol. The molecule has 0 aliphatic heterocycles. The Bertz CT molecular complexity index is 846. The van der Waals surface area contributed by atoms with Gasteiger partial charge in [-0.2, -0.15) is 22.7 Å². The number of aromatic nitrogens is 4. The third-order valence-electron chi connectivity index (χ3n) is 3.18. The Kier molecular flexibility index (Phi) is 3.55. The molecule has 3 aromatic rings. The molecule has 2 heterocycles. The molecule has 0 aliphatic rings. The van der Waals surface area contributed by atoms with E-state index < -0.39 is 17.8 Å². The quantitative estimate of drug-likeness (QED) is 0.802. The average molecular weight is 323 g/mol. The summed E-state index contributed by atoms with van der Waals surface area (Å²) in [6.07, 6.45) is -3.50. The number of fused-ring (bicyclic) bond motifs is 1. The fourth-order valence-corrected chi connectivity index (χ4v) is 2.14. The summed E-state index contributed by atoms with van der Waals surface area (Å²) in [5, 5.41) is 3.99. The Labute approximate surface area is 128 Å². The minimum atomic E-state index is -4.42. The molecule has 0 fully saturated rings. The molecule has 2 N–H and O–H groups in total. The van der Waals surface area contributed by atoms with Crippen molar-refractivity contribution in [1.29, 1.82) is 0 Å². The maximum atomic E-state index is 12.7. The first-order valence-electron chi connectivity index (χ1n) is 6.65. The van der Waals surface area contributed by atoms with E-state index in [2.05, 4.69) is 15.1 Å². The minimum absolute atomic E-state index is 0.0521. The van der Waals surface area contributed by atoms with Gasteiger partial charge in [0.1, 0.15) is 11.9 Å². The normalized spacial score (nSPS) is 13.2. The smallest absolute Gasteiger partial charge is 0.416 e. The lowest BCUT2D eigenvalue weighted by Gasteiger charge is -2.16. The predicted octanol–water partition coefficient (Wildman–Crippen LogP) is 2.87. The fourth-order valence-electron chi connectivity index (χ4n) is 2.14. The van der Waals surface area contributed by atoms with Crippen LogP contribution in [0.2, 0.25) is 0 Å². The van der Waals surface area contributed by atoms with Gasteiger partial charge in [-0.25, -0.2) is 4.98 Å². The number of hydrogen-bond donors (Lipinski definition) is 1. The minimum Gasteiger partial charge on any atom is -0.484 e. The zero-order valence-electron chi connectivity index (χ0n) is 11.9. The standard InChI is InChI=1S/C14H12F3N5O/c1-8(11-5-6-19-13-20-12(18)21-22(11)13)23-10-4-2-3-9(7-10)14(15,16)17/h2-8H,1H3,(H2,18,21). The van der Waals surface area contributed by atoms with E-state index in [1.54, 1.807) is 13.0 Å². The Morgan fingerprint density at radius 3 is 2.78 bits per heavy atom. The average Bonchev–Trinajstić information content (AvgIpc) is 2.86. The lowest BCUT2D eigenvalue weighted by molar-refractivity contribution is -0.137. The Hall–Kier alpha value is -2.84. The van der Waals surface area contributed by atoms with Crippen molar-refractivity contribution in [3.8, 4) is 5.75 Å². The molecule has 9 heteroatoms. The maximum absolute atomic E-state index is 12.7. The number of nitrogen functional groups attached to an aromatic ring is 1. The van der Waals surface area contributed by atoms with Gasteiger partial charge in [0.2, 0.25) is 5.95 Å². The predicted molar refractivity (Wildman–Crippen MR) is 75.7 cm³/mol. The topological polar surface area (TPSA) is 78.3 Å². The Morgan fingerprint density at radius 1 is 1.26 bits per heavy atom. The molecule has 6 nitrogen and oxygen atoms in total. The second-order valence-corrected chi connectivity index (χ2v) is 4.84.